The molecule has 0 N–H and O–H groups in total. The first-order valence-corrected chi connectivity index (χ1v) is 15.1. The van der Waals surface area contributed by atoms with E-state index >= 15 is 0 Å². The molecule has 0 unspecified atom stereocenters. The van der Waals surface area contributed by atoms with Crippen LogP contribution < -0.4 is 0 Å². The fourth-order valence-corrected chi connectivity index (χ4v) is 5.07. The Labute approximate surface area is 252 Å². The third-order valence-corrected chi connectivity index (χ3v) is 8.76. The quantitative estimate of drug-likeness (QED) is 0.187. The Morgan fingerprint density at radius 1 is 0.476 bits per heavy atom. The van der Waals surface area contributed by atoms with Crippen LogP contribution in [0.1, 0.15) is 66.5 Å². The fraction of sp³-hybridized carbons (Fsp3) is 0.300. The highest BCUT2D eigenvalue weighted by molar-refractivity contribution is 6.07. The fourth-order valence-electron chi connectivity index (χ4n) is 5.07. The van der Waals surface area contributed by atoms with E-state index in [4.69, 9.17) is 9.98 Å². The molecule has 5 aromatic carbocycles. The van der Waals surface area contributed by atoms with Gasteiger partial charge in [0.2, 0.25) is 0 Å². The van der Waals surface area contributed by atoms with Crippen LogP contribution in [0.3, 0.4) is 0 Å². The molecule has 0 fully saturated rings. The van der Waals surface area contributed by atoms with Gasteiger partial charge >= 0.3 is 0 Å². The average molecular weight is 553 g/mol. The second-order valence-corrected chi connectivity index (χ2v) is 13.7. The highest BCUT2D eigenvalue weighted by Gasteiger charge is 2.21. The lowest BCUT2D eigenvalue weighted by atomic mass is 9.86. The number of fused-ring (bicyclic) bond motifs is 2. The molecular weight excluding hydrogens is 508 g/mol. The van der Waals surface area contributed by atoms with Gasteiger partial charge < -0.3 is 0 Å². The summed E-state index contributed by atoms with van der Waals surface area (Å²) in [6.07, 6.45) is 4.20. The highest BCUT2D eigenvalue weighted by atomic mass is 14.8. The summed E-state index contributed by atoms with van der Waals surface area (Å²) >= 11 is 0. The van der Waals surface area contributed by atoms with Gasteiger partial charge in [0.15, 0.2) is 0 Å². The smallest absolute Gasteiger partial charge is 0.0519 e. The lowest BCUT2D eigenvalue weighted by Crippen LogP contribution is -2.21. The number of aliphatic imine (C=N–C) groups is 2. The molecule has 5 rings (SSSR count). The van der Waals surface area contributed by atoms with E-state index in [-0.39, 0.29) is 22.9 Å². The molecule has 0 saturated heterocycles. The molecule has 0 saturated carbocycles. The van der Waals surface area contributed by atoms with Crippen LogP contribution in [0.5, 0.6) is 0 Å². The minimum atomic E-state index is 0.0737. The first-order valence-electron chi connectivity index (χ1n) is 15.1. The summed E-state index contributed by atoms with van der Waals surface area (Å²) < 4.78 is 0. The van der Waals surface area contributed by atoms with Gasteiger partial charge in [-0.25, -0.2) is 0 Å². The second kappa shape index (κ2) is 11.7. The lowest BCUT2D eigenvalue weighted by Gasteiger charge is -2.24. The predicted molar refractivity (Wildman–Crippen MR) is 185 cm³/mol. The van der Waals surface area contributed by atoms with Crippen LogP contribution in [0, 0.1) is 10.8 Å². The van der Waals surface area contributed by atoms with Crippen LogP contribution >= 0.6 is 0 Å². The van der Waals surface area contributed by atoms with Crippen molar-refractivity contribution in [1.82, 2.24) is 0 Å². The first kappa shape index (κ1) is 29.5. The zero-order chi connectivity index (χ0) is 30.1. The van der Waals surface area contributed by atoms with Crippen molar-refractivity contribution in [1.29, 1.82) is 0 Å². The van der Waals surface area contributed by atoms with Gasteiger partial charge in [0.05, 0.1) is 12.1 Å². The molecular formula is C40H44N2. The van der Waals surface area contributed by atoms with Gasteiger partial charge in [0.25, 0.3) is 0 Å². The largest absolute Gasteiger partial charge is 0.289 e. The molecule has 0 heterocycles. The number of rotatable bonds is 6. The Bertz CT molecular complexity index is 1630. The third-order valence-electron chi connectivity index (χ3n) is 8.76. The van der Waals surface area contributed by atoms with E-state index in [0.717, 1.165) is 11.1 Å². The second-order valence-electron chi connectivity index (χ2n) is 13.7. The normalized spacial score (nSPS) is 14.3. The molecule has 2 heteroatoms. The predicted octanol–water partition coefficient (Wildman–Crippen LogP) is 11.0. The summed E-state index contributed by atoms with van der Waals surface area (Å²) in [6, 6.07) is 35.4. The highest BCUT2D eigenvalue weighted by Crippen LogP contribution is 2.38. The van der Waals surface area contributed by atoms with E-state index in [2.05, 4.69) is 165 Å². The van der Waals surface area contributed by atoms with Crippen molar-refractivity contribution in [2.75, 3.05) is 0 Å². The topological polar surface area (TPSA) is 24.7 Å². The van der Waals surface area contributed by atoms with Gasteiger partial charge in [0.1, 0.15) is 0 Å². The molecule has 2 atom stereocenters. The maximum absolute atomic E-state index is 5.11. The van der Waals surface area contributed by atoms with Crippen LogP contribution in [-0.4, -0.2) is 24.5 Å². The molecule has 2 nitrogen and oxygen atoms in total. The summed E-state index contributed by atoms with van der Waals surface area (Å²) in [4.78, 5) is 10.2. The van der Waals surface area contributed by atoms with E-state index in [0.29, 0.717) is 0 Å². The molecule has 0 spiro atoms. The Hall–Kier alpha value is -4.04. The molecule has 0 amide bonds. The molecule has 5 aromatic rings. The molecule has 0 aliphatic rings. The van der Waals surface area contributed by atoms with Gasteiger partial charge in [-0.05, 0) is 80.6 Å². The van der Waals surface area contributed by atoms with E-state index in [1.165, 1.54) is 43.8 Å². The standard InChI is InChI=1S/C40H44N2/c1-27(39(3,4)5)41-25-31-23-38(36-22-14-18-30-16-10-12-20-34(30)36)32(26-42-28(2)40(6,7)8)24-37(31)35-21-13-17-29-15-9-11-19-33(29)35/h9-28H,1-8H3/t27-,28-/m1/s1. The molecule has 214 valence electrons. The number of nitrogens with zero attached hydrogens (tertiary/aromatic N) is 2. The summed E-state index contributed by atoms with van der Waals surface area (Å²) in [5.74, 6) is 0. The monoisotopic (exact) mass is 552 g/mol. The van der Waals surface area contributed by atoms with Gasteiger partial charge in [-0.1, -0.05) is 126 Å². The van der Waals surface area contributed by atoms with Gasteiger partial charge in [0, 0.05) is 23.6 Å². The summed E-state index contributed by atoms with van der Waals surface area (Å²) in [6.45, 7) is 17.9. The molecule has 0 aromatic heterocycles. The Kier molecular flexibility index (Phi) is 8.19. The van der Waals surface area contributed by atoms with Crippen molar-refractivity contribution < 1.29 is 0 Å². The minimum absolute atomic E-state index is 0.0737. The Morgan fingerprint density at radius 2 is 0.833 bits per heavy atom. The molecule has 42 heavy (non-hydrogen) atoms. The van der Waals surface area contributed by atoms with Crippen molar-refractivity contribution in [3.05, 3.63) is 108 Å². The van der Waals surface area contributed by atoms with Crippen LogP contribution in [0.25, 0.3) is 43.8 Å². The van der Waals surface area contributed by atoms with Crippen molar-refractivity contribution in [2.24, 2.45) is 20.8 Å². The molecule has 0 aliphatic carbocycles. The summed E-state index contributed by atoms with van der Waals surface area (Å²) in [7, 11) is 0. The maximum Gasteiger partial charge on any atom is 0.0519 e. The van der Waals surface area contributed by atoms with Crippen LogP contribution in [-0.2, 0) is 0 Å². The molecule has 0 aliphatic heterocycles. The van der Waals surface area contributed by atoms with E-state index in [1.54, 1.807) is 0 Å². The van der Waals surface area contributed by atoms with Crippen LogP contribution in [0.4, 0.5) is 0 Å². The SMILES string of the molecule is C[C@@H](N=Cc1cc(-c2cccc3ccccc23)c(C=N[C@H](C)C(C)(C)C)cc1-c1cccc2ccccc12)C(C)(C)C. The minimum Gasteiger partial charge on any atom is -0.289 e. The number of benzene rings is 5. The average Bonchev–Trinajstić information content (AvgIpc) is 2.97. The number of hydrogen-bond acceptors (Lipinski definition) is 2. The van der Waals surface area contributed by atoms with Crippen molar-refractivity contribution in [3.63, 3.8) is 0 Å². The van der Waals surface area contributed by atoms with Gasteiger partial charge in [-0.15, -0.1) is 0 Å². The molecule has 0 bridgehead atoms. The lowest BCUT2D eigenvalue weighted by molar-refractivity contribution is 0.342. The summed E-state index contributed by atoms with van der Waals surface area (Å²) in [5, 5.41) is 4.94. The van der Waals surface area contributed by atoms with Gasteiger partial charge in [-0.3, -0.25) is 9.98 Å². The van der Waals surface area contributed by atoms with Gasteiger partial charge in [-0.2, -0.15) is 0 Å². The van der Waals surface area contributed by atoms with E-state index < -0.39 is 0 Å². The van der Waals surface area contributed by atoms with Crippen LogP contribution in [0.2, 0.25) is 0 Å². The molecule has 0 radical (unpaired) electrons. The first-order chi connectivity index (χ1) is 19.9. The zero-order valence-corrected chi connectivity index (χ0v) is 26.4. The zero-order valence-electron chi connectivity index (χ0n) is 26.4. The van der Waals surface area contributed by atoms with Crippen molar-refractivity contribution in [2.45, 2.75) is 67.5 Å². The summed E-state index contributed by atoms with van der Waals surface area (Å²) in [5.41, 5.74) is 7.14. The van der Waals surface area contributed by atoms with E-state index in [1.807, 2.05) is 0 Å². The van der Waals surface area contributed by atoms with Crippen molar-refractivity contribution >= 4 is 34.0 Å². The van der Waals surface area contributed by atoms with E-state index in [9.17, 15) is 0 Å². The van der Waals surface area contributed by atoms with Crippen molar-refractivity contribution in [3.8, 4) is 22.3 Å². The van der Waals surface area contributed by atoms with Crippen LogP contribution in [0.15, 0.2) is 107 Å². The number of hydrogen-bond donors (Lipinski definition) is 0. The maximum atomic E-state index is 5.11. The Balaban J connectivity index is 1.83. The Morgan fingerprint density at radius 3 is 1.21 bits per heavy atom. The third kappa shape index (κ3) is 6.23.